The van der Waals surface area contributed by atoms with Crippen LogP contribution in [0.15, 0.2) is 12.4 Å². The van der Waals surface area contributed by atoms with E-state index in [9.17, 15) is 5.11 Å². The minimum absolute atomic E-state index is 0.445. The van der Waals surface area contributed by atoms with Crippen LogP contribution in [0, 0.1) is 5.92 Å². The van der Waals surface area contributed by atoms with Crippen molar-refractivity contribution >= 4 is 0 Å². The molecular weight excluding hydrogens is 140 g/mol. The Bertz CT molecular complexity index is 245. The average molecular weight is 152 g/mol. The van der Waals surface area contributed by atoms with E-state index in [1.54, 1.807) is 12.4 Å². The molecule has 1 aromatic heterocycles. The van der Waals surface area contributed by atoms with Gasteiger partial charge in [0.1, 0.15) is 0 Å². The number of nitrogens with one attached hydrogen (secondary N) is 1. The van der Waals surface area contributed by atoms with E-state index in [4.69, 9.17) is 0 Å². The van der Waals surface area contributed by atoms with Crippen molar-refractivity contribution in [2.45, 2.75) is 25.4 Å². The van der Waals surface area contributed by atoms with Crippen molar-refractivity contribution in [2.24, 2.45) is 5.92 Å². The highest BCUT2D eigenvalue weighted by molar-refractivity contribution is 5.24. The first-order valence-corrected chi connectivity index (χ1v) is 3.99. The van der Waals surface area contributed by atoms with Crippen LogP contribution in [0.1, 0.15) is 25.3 Å². The van der Waals surface area contributed by atoms with Gasteiger partial charge >= 0.3 is 0 Å². The summed E-state index contributed by atoms with van der Waals surface area (Å²) in [6.45, 7) is 2.10. The third-order valence-electron chi connectivity index (χ3n) is 2.56. The van der Waals surface area contributed by atoms with Crippen molar-refractivity contribution in [3.05, 3.63) is 18.0 Å². The normalized spacial score (nSPS) is 35.6. The standard InChI is InChI=1S/C8H12N2O/c1-2-6-3-8(6,11)7-4-9-10-5-7/h4-6,11H,2-3H2,1H3,(H,9,10). The number of H-pyrrole nitrogens is 1. The van der Waals surface area contributed by atoms with Crippen LogP contribution in [0.25, 0.3) is 0 Å². The van der Waals surface area contributed by atoms with E-state index in [2.05, 4.69) is 17.1 Å². The molecule has 1 saturated carbocycles. The molecule has 1 aromatic rings. The molecule has 2 rings (SSSR count). The molecule has 2 unspecified atom stereocenters. The van der Waals surface area contributed by atoms with E-state index < -0.39 is 5.60 Å². The molecular formula is C8H12N2O. The minimum Gasteiger partial charge on any atom is -0.385 e. The molecule has 0 amide bonds. The molecule has 1 aliphatic rings. The number of hydrogen-bond acceptors (Lipinski definition) is 2. The Morgan fingerprint density at radius 3 is 3.18 bits per heavy atom. The lowest BCUT2D eigenvalue weighted by Crippen LogP contribution is -2.06. The van der Waals surface area contributed by atoms with E-state index in [1.807, 2.05) is 0 Å². The van der Waals surface area contributed by atoms with E-state index in [0.29, 0.717) is 5.92 Å². The fraction of sp³-hybridized carbons (Fsp3) is 0.625. The molecule has 3 nitrogen and oxygen atoms in total. The van der Waals surface area contributed by atoms with E-state index in [1.165, 1.54) is 0 Å². The monoisotopic (exact) mass is 152 g/mol. The van der Waals surface area contributed by atoms with Crippen molar-refractivity contribution in [3.8, 4) is 0 Å². The lowest BCUT2D eigenvalue weighted by molar-refractivity contribution is 0.130. The molecule has 0 aromatic carbocycles. The third-order valence-corrected chi connectivity index (χ3v) is 2.56. The molecule has 0 radical (unpaired) electrons. The van der Waals surface area contributed by atoms with Gasteiger partial charge in [-0.3, -0.25) is 5.10 Å². The van der Waals surface area contributed by atoms with Crippen LogP contribution in [0.2, 0.25) is 0 Å². The Kier molecular flexibility index (Phi) is 1.29. The number of aliphatic hydroxyl groups is 1. The van der Waals surface area contributed by atoms with Crippen LogP contribution in [-0.4, -0.2) is 15.3 Å². The van der Waals surface area contributed by atoms with Crippen molar-refractivity contribution in [2.75, 3.05) is 0 Å². The average Bonchev–Trinajstić information content (AvgIpc) is 2.55. The van der Waals surface area contributed by atoms with Gasteiger partial charge in [-0.05, 0) is 12.3 Å². The largest absolute Gasteiger partial charge is 0.385 e. The number of aromatic nitrogens is 2. The quantitative estimate of drug-likeness (QED) is 0.664. The molecule has 11 heavy (non-hydrogen) atoms. The zero-order chi connectivity index (χ0) is 7.90. The first-order chi connectivity index (χ1) is 5.27. The predicted molar refractivity (Wildman–Crippen MR) is 40.9 cm³/mol. The summed E-state index contributed by atoms with van der Waals surface area (Å²) in [7, 11) is 0. The van der Waals surface area contributed by atoms with Gasteiger partial charge in [-0.1, -0.05) is 13.3 Å². The smallest absolute Gasteiger partial charge is 0.0959 e. The van der Waals surface area contributed by atoms with Crippen molar-refractivity contribution in [1.82, 2.24) is 10.2 Å². The summed E-state index contributed by atoms with van der Waals surface area (Å²) >= 11 is 0. The number of rotatable bonds is 2. The minimum atomic E-state index is -0.554. The first-order valence-electron chi connectivity index (χ1n) is 3.99. The topological polar surface area (TPSA) is 48.9 Å². The molecule has 1 heterocycles. The fourth-order valence-corrected chi connectivity index (χ4v) is 1.64. The Morgan fingerprint density at radius 1 is 1.91 bits per heavy atom. The number of nitrogens with zero attached hydrogens (tertiary/aromatic N) is 1. The second kappa shape index (κ2) is 2.08. The molecule has 2 atom stereocenters. The summed E-state index contributed by atoms with van der Waals surface area (Å²) < 4.78 is 0. The van der Waals surface area contributed by atoms with E-state index in [0.717, 1.165) is 18.4 Å². The van der Waals surface area contributed by atoms with Gasteiger partial charge in [0, 0.05) is 11.8 Å². The fourth-order valence-electron chi connectivity index (χ4n) is 1.64. The van der Waals surface area contributed by atoms with Crippen molar-refractivity contribution < 1.29 is 5.11 Å². The van der Waals surface area contributed by atoms with E-state index in [-0.39, 0.29) is 0 Å². The molecule has 0 bridgehead atoms. The summed E-state index contributed by atoms with van der Waals surface area (Å²) in [5.41, 5.74) is 0.381. The second-order valence-electron chi connectivity index (χ2n) is 3.22. The summed E-state index contributed by atoms with van der Waals surface area (Å²) in [6, 6.07) is 0. The molecule has 0 spiro atoms. The van der Waals surface area contributed by atoms with Gasteiger partial charge in [0.25, 0.3) is 0 Å². The zero-order valence-electron chi connectivity index (χ0n) is 6.54. The summed E-state index contributed by atoms with van der Waals surface area (Å²) in [5.74, 6) is 0.445. The van der Waals surface area contributed by atoms with Crippen LogP contribution in [0.4, 0.5) is 0 Å². The Hall–Kier alpha value is -0.830. The summed E-state index contributed by atoms with van der Waals surface area (Å²) in [5, 5.41) is 16.4. The molecule has 3 heteroatoms. The second-order valence-corrected chi connectivity index (χ2v) is 3.22. The highest BCUT2D eigenvalue weighted by atomic mass is 16.3. The molecule has 2 N–H and O–H groups in total. The Balaban J connectivity index is 2.19. The zero-order valence-corrected chi connectivity index (χ0v) is 6.54. The van der Waals surface area contributed by atoms with Crippen LogP contribution in [0.5, 0.6) is 0 Å². The highest BCUT2D eigenvalue weighted by Crippen LogP contribution is 2.53. The molecule has 0 saturated heterocycles. The molecule has 0 aliphatic heterocycles. The lowest BCUT2D eigenvalue weighted by Gasteiger charge is -2.04. The van der Waals surface area contributed by atoms with Gasteiger partial charge in [-0.15, -0.1) is 0 Å². The molecule has 1 aliphatic carbocycles. The number of hydrogen-bond donors (Lipinski definition) is 2. The SMILES string of the molecule is CCC1CC1(O)c1cn[nH]c1. The number of aromatic amines is 1. The van der Waals surface area contributed by atoms with Gasteiger partial charge in [0.05, 0.1) is 11.8 Å². The highest BCUT2D eigenvalue weighted by Gasteiger charge is 2.53. The maximum absolute atomic E-state index is 9.89. The summed E-state index contributed by atoms with van der Waals surface area (Å²) in [6.07, 6.45) is 5.41. The molecule has 60 valence electrons. The van der Waals surface area contributed by atoms with Crippen LogP contribution in [0.3, 0.4) is 0 Å². The molecule has 1 fully saturated rings. The maximum atomic E-state index is 9.89. The van der Waals surface area contributed by atoms with Gasteiger partial charge in [0.2, 0.25) is 0 Å². The van der Waals surface area contributed by atoms with Gasteiger partial charge in [-0.2, -0.15) is 5.10 Å². The van der Waals surface area contributed by atoms with E-state index >= 15 is 0 Å². The summed E-state index contributed by atoms with van der Waals surface area (Å²) in [4.78, 5) is 0. The maximum Gasteiger partial charge on any atom is 0.0959 e. The predicted octanol–water partition coefficient (Wildman–Crippen LogP) is 1.03. The van der Waals surface area contributed by atoms with Gasteiger partial charge in [-0.25, -0.2) is 0 Å². The Labute approximate surface area is 65.4 Å². The van der Waals surface area contributed by atoms with Crippen molar-refractivity contribution in [1.29, 1.82) is 0 Å². The van der Waals surface area contributed by atoms with Crippen LogP contribution >= 0.6 is 0 Å². The lowest BCUT2D eigenvalue weighted by atomic mass is 10.1. The van der Waals surface area contributed by atoms with Gasteiger partial charge < -0.3 is 5.11 Å². The third kappa shape index (κ3) is 0.878. The van der Waals surface area contributed by atoms with Crippen LogP contribution < -0.4 is 0 Å². The van der Waals surface area contributed by atoms with Crippen molar-refractivity contribution in [3.63, 3.8) is 0 Å². The Morgan fingerprint density at radius 2 is 2.73 bits per heavy atom. The van der Waals surface area contributed by atoms with Gasteiger partial charge in [0.15, 0.2) is 0 Å². The van der Waals surface area contributed by atoms with Crippen LogP contribution in [-0.2, 0) is 5.60 Å². The first kappa shape index (κ1) is 6.85.